The fourth-order valence-corrected chi connectivity index (χ4v) is 3.63. The summed E-state index contributed by atoms with van der Waals surface area (Å²) in [6.45, 7) is 1.77. The van der Waals surface area contributed by atoms with Gasteiger partial charge in [0, 0.05) is 6.42 Å². The van der Waals surface area contributed by atoms with Gasteiger partial charge in [-0.1, -0.05) is 54.6 Å². The van der Waals surface area contributed by atoms with Crippen LogP contribution in [0.5, 0.6) is 0 Å². The Morgan fingerprint density at radius 1 is 0.647 bits per heavy atom. The minimum Gasteiger partial charge on any atom is -0.454 e. The lowest BCUT2D eigenvalue weighted by Crippen LogP contribution is -2.53. The van der Waals surface area contributed by atoms with Gasteiger partial charge in [-0.3, -0.25) is 0 Å². The van der Waals surface area contributed by atoms with Crippen molar-refractivity contribution in [2.45, 2.75) is 37.9 Å². The van der Waals surface area contributed by atoms with E-state index in [0.717, 1.165) is 0 Å². The van der Waals surface area contributed by atoms with E-state index in [1.165, 1.54) is 0 Å². The summed E-state index contributed by atoms with van der Waals surface area (Å²) in [5.74, 6) is -1.87. The molecule has 1 saturated heterocycles. The van der Waals surface area contributed by atoms with Gasteiger partial charge in [-0.05, 0) is 43.3 Å². The smallest absolute Gasteiger partial charge is 0.340 e. The molecule has 0 aliphatic carbocycles. The van der Waals surface area contributed by atoms with Crippen molar-refractivity contribution in [1.82, 2.24) is 0 Å². The van der Waals surface area contributed by atoms with Crippen LogP contribution in [0.3, 0.4) is 0 Å². The third kappa shape index (κ3) is 5.68. The Morgan fingerprint density at radius 3 is 1.53 bits per heavy atom. The molecule has 0 aromatic heterocycles. The molecule has 3 aromatic carbocycles. The minimum atomic E-state index is -1.27. The number of rotatable bonds is 6. The quantitative estimate of drug-likeness (QED) is 0.397. The van der Waals surface area contributed by atoms with Gasteiger partial charge in [-0.15, -0.1) is 0 Å². The molecule has 0 saturated carbocycles. The second-order valence-electron chi connectivity index (χ2n) is 7.87. The van der Waals surface area contributed by atoms with Crippen molar-refractivity contribution in [2.75, 3.05) is 0 Å². The van der Waals surface area contributed by atoms with E-state index in [-0.39, 0.29) is 6.42 Å². The fraction of sp³-hybridized carbons (Fsp3) is 0.222. The molecule has 34 heavy (non-hydrogen) atoms. The molecule has 1 heterocycles. The van der Waals surface area contributed by atoms with E-state index in [1.807, 2.05) is 0 Å². The highest BCUT2D eigenvalue weighted by molar-refractivity contribution is 5.91. The van der Waals surface area contributed by atoms with Crippen molar-refractivity contribution in [3.05, 3.63) is 108 Å². The van der Waals surface area contributed by atoms with Gasteiger partial charge in [0.05, 0.1) is 22.8 Å². The highest BCUT2D eigenvalue weighted by atomic mass is 16.7. The first-order valence-electron chi connectivity index (χ1n) is 10.9. The third-order valence-electron chi connectivity index (χ3n) is 5.32. The Kier molecular flexibility index (Phi) is 7.34. The molecular formula is C27H24O7. The van der Waals surface area contributed by atoms with E-state index in [2.05, 4.69) is 0 Å². The van der Waals surface area contributed by atoms with Gasteiger partial charge in [-0.25, -0.2) is 14.4 Å². The van der Waals surface area contributed by atoms with Gasteiger partial charge in [-0.2, -0.15) is 0 Å². The normalized spacial score (nSPS) is 21.8. The molecule has 1 aliphatic heterocycles. The number of hydrogen-bond donors (Lipinski definition) is 0. The average molecular weight is 460 g/mol. The Balaban J connectivity index is 1.58. The summed E-state index contributed by atoms with van der Waals surface area (Å²) in [6.07, 6.45) is -3.49. The zero-order valence-electron chi connectivity index (χ0n) is 18.5. The largest absolute Gasteiger partial charge is 0.454 e. The lowest BCUT2D eigenvalue weighted by Gasteiger charge is -2.38. The molecule has 174 valence electrons. The van der Waals surface area contributed by atoms with E-state index in [9.17, 15) is 14.4 Å². The van der Waals surface area contributed by atoms with Crippen molar-refractivity contribution in [1.29, 1.82) is 0 Å². The summed E-state index contributed by atoms with van der Waals surface area (Å²) in [6, 6.07) is 25.3. The average Bonchev–Trinajstić information content (AvgIpc) is 2.87. The van der Waals surface area contributed by atoms with Crippen molar-refractivity contribution in [3.63, 3.8) is 0 Å². The van der Waals surface area contributed by atoms with Crippen LogP contribution in [0.4, 0.5) is 0 Å². The Morgan fingerprint density at radius 2 is 1.06 bits per heavy atom. The summed E-state index contributed by atoms with van der Waals surface area (Å²) in [5, 5.41) is 0. The van der Waals surface area contributed by atoms with Crippen LogP contribution in [0.15, 0.2) is 91.0 Å². The van der Waals surface area contributed by atoms with Gasteiger partial charge >= 0.3 is 17.9 Å². The van der Waals surface area contributed by atoms with Crippen LogP contribution < -0.4 is 0 Å². The molecule has 0 spiro atoms. The number of carbonyl (C=O) groups excluding carboxylic acids is 3. The molecule has 0 unspecified atom stereocenters. The summed E-state index contributed by atoms with van der Waals surface area (Å²) < 4.78 is 22.9. The van der Waals surface area contributed by atoms with Gasteiger partial charge in [0.15, 0.2) is 0 Å². The molecule has 1 aliphatic rings. The van der Waals surface area contributed by atoms with Crippen molar-refractivity contribution < 1.29 is 33.3 Å². The van der Waals surface area contributed by atoms with Crippen LogP contribution in [0, 0.1) is 0 Å². The molecule has 0 N–H and O–H groups in total. The Bertz CT molecular complexity index is 1050. The van der Waals surface area contributed by atoms with Crippen LogP contribution in [0.25, 0.3) is 0 Å². The lowest BCUT2D eigenvalue weighted by molar-refractivity contribution is -0.241. The SMILES string of the molecule is C[C@@H]1C[C@H](OC(=O)c2ccccc2)[C@@H](OC(=O)c2ccccc2)[C@@H](OC(=O)c2ccccc2)O1. The predicted octanol–water partition coefficient (Wildman–Crippen LogP) is 4.43. The number of hydrogen-bond acceptors (Lipinski definition) is 7. The first kappa shape index (κ1) is 23.2. The van der Waals surface area contributed by atoms with E-state index >= 15 is 0 Å². The number of benzene rings is 3. The van der Waals surface area contributed by atoms with Crippen LogP contribution >= 0.6 is 0 Å². The first-order valence-corrected chi connectivity index (χ1v) is 10.9. The van der Waals surface area contributed by atoms with Gasteiger partial charge in [0.2, 0.25) is 12.4 Å². The third-order valence-corrected chi connectivity index (χ3v) is 5.32. The zero-order valence-corrected chi connectivity index (χ0v) is 18.5. The first-order chi connectivity index (χ1) is 16.5. The molecule has 1 fully saturated rings. The Labute approximate surface area is 197 Å². The summed E-state index contributed by atoms with van der Waals surface area (Å²) in [5.41, 5.74) is 0.977. The van der Waals surface area contributed by atoms with Gasteiger partial charge in [0.25, 0.3) is 0 Å². The maximum Gasteiger partial charge on any atom is 0.340 e. The number of ether oxygens (including phenoxy) is 4. The summed E-state index contributed by atoms with van der Waals surface area (Å²) >= 11 is 0. The standard InChI is InChI=1S/C27H24O7/c1-18-17-22(32-24(28)19-11-5-2-6-12-19)23(33-25(29)20-13-7-3-8-14-20)27(31-18)34-26(30)21-15-9-4-10-16-21/h2-16,18,22-23,27H,17H2,1H3/t18-,22+,23-,27-/m1/s1. The summed E-state index contributed by atoms with van der Waals surface area (Å²) in [4.78, 5) is 38.3. The predicted molar refractivity (Wildman–Crippen MR) is 122 cm³/mol. The molecule has 4 rings (SSSR count). The highest BCUT2D eigenvalue weighted by Crippen LogP contribution is 2.28. The second kappa shape index (κ2) is 10.8. The molecule has 3 aromatic rings. The molecule has 0 bridgehead atoms. The van der Waals surface area contributed by atoms with E-state index < -0.39 is 42.5 Å². The minimum absolute atomic E-state index is 0.255. The van der Waals surface area contributed by atoms with Gasteiger partial charge in [0.1, 0.15) is 6.10 Å². The molecule has 0 amide bonds. The van der Waals surface area contributed by atoms with Crippen LogP contribution in [0.2, 0.25) is 0 Å². The topological polar surface area (TPSA) is 88.1 Å². The highest BCUT2D eigenvalue weighted by Gasteiger charge is 2.45. The number of carbonyl (C=O) groups is 3. The van der Waals surface area contributed by atoms with E-state index in [4.69, 9.17) is 18.9 Å². The second-order valence-corrected chi connectivity index (χ2v) is 7.87. The molecule has 4 atom stereocenters. The van der Waals surface area contributed by atoms with Crippen LogP contribution in [-0.2, 0) is 18.9 Å². The molecular weight excluding hydrogens is 436 g/mol. The number of esters is 3. The van der Waals surface area contributed by atoms with Gasteiger partial charge < -0.3 is 18.9 Å². The zero-order chi connectivity index (χ0) is 23.9. The summed E-state index contributed by atoms with van der Waals surface area (Å²) in [7, 11) is 0. The lowest BCUT2D eigenvalue weighted by atomic mass is 10.0. The molecule has 0 radical (unpaired) electrons. The van der Waals surface area contributed by atoms with Crippen molar-refractivity contribution >= 4 is 17.9 Å². The van der Waals surface area contributed by atoms with E-state index in [1.54, 1.807) is 97.9 Å². The van der Waals surface area contributed by atoms with E-state index in [0.29, 0.717) is 16.7 Å². The van der Waals surface area contributed by atoms with Crippen molar-refractivity contribution in [3.8, 4) is 0 Å². The molecule has 7 heteroatoms. The van der Waals surface area contributed by atoms with Crippen molar-refractivity contribution in [2.24, 2.45) is 0 Å². The van der Waals surface area contributed by atoms with Crippen LogP contribution in [0.1, 0.15) is 44.4 Å². The van der Waals surface area contributed by atoms with Crippen LogP contribution in [-0.4, -0.2) is 42.5 Å². The maximum atomic E-state index is 12.8. The monoisotopic (exact) mass is 460 g/mol. The maximum absolute atomic E-state index is 12.8. The Hall–Kier alpha value is -3.97. The fourth-order valence-electron chi connectivity index (χ4n) is 3.63. The molecule has 7 nitrogen and oxygen atoms in total.